The lowest BCUT2D eigenvalue weighted by atomic mass is 10.2. The molecule has 0 radical (unpaired) electrons. The second-order valence-corrected chi connectivity index (χ2v) is 8.13. The molecule has 1 aliphatic rings. The molecule has 1 aromatic rings. The normalized spacial score (nSPS) is 20.8. The van der Waals surface area contributed by atoms with Crippen LogP contribution in [-0.2, 0) is 10.0 Å². The van der Waals surface area contributed by atoms with Crippen molar-refractivity contribution < 1.29 is 18.3 Å². The molecule has 0 aliphatic carbocycles. The van der Waals surface area contributed by atoms with Crippen LogP contribution in [0, 0.1) is 0 Å². The van der Waals surface area contributed by atoms with Gasteiger partial charge in [-0.1, -0.05) is 0 Å². The number of hydrogen-bond donors (Lipinski definition) is 2. The maximum Gasteiger partial charge on any atom is 0.345 e. The minimum absolute atomic E-state index is 0.0356. The van der Waals surface area contributed by atoms with Crippen molar-refractivity contribution in [2.45, 2.75) is 23.1 Å². The first-order valence-electron chi connectivity index (χ1n) is 5.42. The minimum Gasteiger partial charge on any atom is -0.477 e. The van der Waals surface area contributed by atoms with Gasteiger partial charge in [-0.15, -0.1) is 11.3 Å². The summed E-state index contributed by atoms with van der Waals surface area (Å²) in [4.78, 5) is 10.8. The molecular weight excluding hydrogens is 294 g/mol. The van der Waals surface area contributed by atoms with Gasteiger partial charge in [-0.2, -0.15) is 11.8 Å². The second kappa shape index (κ2) is 5.60. The summed E-state index contributed by atoms with van der Waals surface area (Å²) in [5.74, 6) is 0.742. The van der Waals surface area contributed by atoms with E-state index >= 15 is 0 Å². The third-order valence-electron chi connectivity index (χ3n) is 2.54. The maximum atomic E-state index is 12.0. The average molecular weight is 307 g/mol. The van der Waals surface area contributed by atoms with Gasteiger partial charge in [0.2, 0.25) is 10.0 Å². The highest BCUT2D eigenvalue weighted by Gasteiger charge is 2.24. The van der Waals surface area contributed by atoms with Crippen molar-refractivity contribution in [2.75, 3.05) is 11.5 Å². The second-order valence-electron chi connectivity index (χ2n) is 3.96. The van der Waals surface area contributed by atoms with Crippen molar-refractivity contribution >= 4 is 39.1 Å². The maximum absolute atomic E-state index is 12.0. The SMILES string of the molecule is O=C(O)c1ccc(S(=O)(=O)NC2CCCSC2)s1. The lowest BCUT2D eigenvalue weighted by Crippen LogP contribution is -2.37. The van der Waals surface area contributed by atoms with E-state index in [0.717, 1.165) is 35.7 Å². The number of carboxylic acids is 1. The summed E-state index contributed by atoms with van der Waals surface area (Å²) in [6, 6.07) is 2.60. The molecule has 0 aromatic carbocycles. The zero-order chi connectivity index (χ0) is 13.2. The third-order valence-corrected chi connectivity index (χ3v) is 6.84. The number of thiophene rings is 1. The Kier molecular flexibility index (Phi) is 4.31. The van der Waals surface area contributed by atoms with E-state index in [0.29, 0.717) is 0 Å². The lowest BCUT2D eigenvalue weighted by Gasteiger charge is -2.21. The minimum atomic E-state index is -3.58. The summed E-state index contributed by atoms with van der Waals surface area (Å²) in [7, 11) is -3.58. The fourth-order valence-electron chi connectivity index (χ4n) is 1.69. The first-order chi connectivity index (χ1) is 8.49. The Morgan fingerprint density at radius 2 is 2.22 bits per heavy atom. The summed E-state index contributed by atoms with van der Waals surface area (Å²) in [6.07, 6.45) is 1.84. The van der Waals surface area contributed by atoms with Crippen LogP contribution in [0.25, 0.3) is 0 Å². The molecule has 2 rings (SSSR count). The van der Waals surface area contributed by atoms with Gasteiger partial charge in [-0.05, 0) is 30.7 Å². The Bertz CT molecular complexity index is 531. The predicted octanol–water partition coefficient (Wildman–Crippen LogP) is 1.62. The Hall–Kier alpha value is -0.570. The molecule has 1 fully saturated rings. The highest BCUT2D eigenvalue weighted by Crippen LogP contribution is 2.24. The zero-order valence-electron chi connectivity index (χ0n) is 9.46. The van der Waals surface area contributed by atoms with E-state index in [1.165, 1.54) is 12.1 Å². The van der Waals surface area contributed by atoms with Crippen LogP contribution < -0.4 is 4.72 Å². The molecule has 2 heterocycles. The third kappa shape index (κ3) is 3.25. The molecule has 18 heavy (non-hydrogen) atoms. The molecule has 1 aromatic heterocycles. The Morgan fingerprint density at radius 3 is 2.78 bits per heavy atom. The van der Waals surface area contributed by atoms with Gasteiger partial charge < -0.3 is 5.11 Å². The first kappa shape index (κ1) is 13.9. The molecule has 1 atom stereocenters. The van der Waals surface area contributed by atoms with Gasteiger partial charge in [0.15, 0.2) is 0 Å². The van der Waals surface area contributed by atoms with Crippen LogP contribution in [0.4, 0.5) is 0 Å². The van der Waals surface area contributed by atoms with Crippen LogP contribution in [0.2, 0.25) is 0 Å². The Labute approximate surface area is 114 Å². The van der Waals surface area contributed by atoms with Crippen molar-refractivity contribution in [3.05, 3.63) is 17.0 Å². The van der Waals surface area contributed by atoms with Crippen LogP contribution in [-0.4, -0.2) is 37.0 Å². The Morgan fingerprint density at radius 1 is 1.44 bits per heavy atom. The fraction of sp³-hybridized carbons (Fsp3) is 0.500. The van der Waals surface area contributed by atoms with E-state index in [9.17, 15) is 13.2 Å². The van der Waals surface area contributed by atoms with E-state index in [4.69, 9.17) is 5.11 Å². The quantitative estimate of drug-likeness (QED) is 0.883. The van der Waals surface area contributed by atoms with Crippen molar-refractivity contribution in [3.8, 4) is 0 Å². The van der Waals surface area contributed by atoms with Gasteiger partial charge in [0.1, 0.15) is 9.09 Å². The average Bonchev–Trinajstić information content (AvgIpc) is 2.79. The van der Waals surface area contributed by atoms with Gasteiger partial charge in [0, 0.05) is 11.8 Å². The molecule has 1 aliphatic heterocycles. The van der Waals surface area contributed by atoms with Crippen molar-refractivity contribution in [1.29, 1.82) is 0 Å². The summed E-state index contributed by atoms with van der Waals surface area (Å²) >= 11 is 2.51. The summed E-state index contributed by atoms with van der Waals surface area (Å²) in [5, 5.41) is 8.78. The molecule has 8 heteroatoms. The number of carboxylic acid groups (broad SMARTS) is 1. The summed E-state index contributed by atoms with van der Waals surface area (Å²) in [6.45, 7) is 0. The lowest BCUT2D eigenvalue weighted by molar-refractivity contribution is 0.0702. The van der Waals surface area contributed by atoms with E-state index in [-0.39, 0.29) is 15.1 Å². The smallest absolute Gasteiger partial charge is 0.345 e. The number of carbonyl (C=O) groups is 1. The van der Waals surface area contributed by atoms with Crippen LogP contribution in [0.15, 0.2) is 16.3 Å². The summed E-state index contributed by atoms with van der Waals surface area (Å²) < 4.78 is 26.8. The fourth-order valence-corrected chi connectivity index (χ4v) is 5.30. The number of aromatic carboxylic acids is 1. The molecule has 1 saturated heterocycles. The topological polar surface area (TPSA) is 83.5 Å². The van der Waals surface area contributed by atoms with Crippen LogP contribution in [0.5, 0.6) is 0 Å². The molecular formula is C10H13NO4S3. The predicted molar refractivity (Wildman–Crippen MR) is 71.9 cm³/mol. The molecule has 100 valence electrons. The molecule has 1 unspecified atom stereocenters. The van der Waals surface area contributed by atoms with Crippen LogP contribution in [0.1, 0.15) is 22.5 Å². The molecule has 0 spiro atoms. The largest absolute Gasteiger partial charge is 0.477 e. The highest BCUT2D eigenvalue weighted by molar-refractivity contribution is 7.99. The monoisotopic (exact) mass is 307 g/mol. The molecule has 0 saturated carbocycles. The molecule has 0 bridgehead atoms. The van der Waals surface area contributed by atoms with Crippen LogP contribution >= 0.6 is 23.1 Å². The molecule has 5 nitrogen and oxygen atoms in total. The number of sulfonamides is 1. The van der Waals surface area contributed by atoms with Crippen LogP contribution in [0.3, 0.4) is 0 Å². The van der Waals surface area contributed by atoms with Crippen molar-refractivity contribution in [3.63, 3.8) is 0 Å². The standard InChI is InChI=1S/C10H13NO4S3/c12-10(13)8-3-4-9(17-8)18(14,15)11-7-2-1-5-16-6-7/h3-4,7,11H,1-2,5-6H2,(H,12,13). The van der Waals surface area contributed by atoms with E-state index < -0.39 is 16.0 Å². The number of nitrogens with one attached hydrogen (secondary N) is 1. The van der Waals surface area contributed by atoms with Crippen molar-refractivity contribution in [1.82, 2.24) is 4.72 Å². The molecule has 0 amide bonds. The van der Waals surface area contributed by atoms with Gasteiger partial charge in [-0.25, -0.2) is 17.9 Å². The zero-order valence-corrected chi connectivity index (χ0v) is 11.9. The van der Waals surface area contributed by atoms with Crippen molar-refractivity contribution in [2.24, 2.45) is 0 Å². The summed E-state index contributed by atoms with van der Waals surface area (Å²) in [5.41, 5.74) is 0. The number of thioether (sulfide) groups is 1. The van der Waals surface area contributed by atoms with E-state index in [2.05, 4.69) is 4.72 Å². The van der Waals surface area contributed by atoms with Gasteiger partial charge in [0.25, 0.3) is 0 Å². The number of hydrogen-bond acceptors (Lipinski definition) is 5. The highest BCUT2D eigenvalue weighted by atomic mass is 32.2. The van der Waals surface area contributed by atoms with E-state index in [1.807, 2.05) is 0 Å². The number of rotatable bonds is 4. The first-order valence-corrected chi connectivity index (χ1v) is 8.88. The van der Waals surface area contributed by atoms with Gasteiger partial charge >= 0.3 is 5.97 Å². The van der Waals surface area contributed by atoms with Gasteiger partial charge in [-0.3, -0.25) is 0 Å². The van der Waals surface area contributed by atoms with E-state index in [1.54, 1.807) is 11.8 Å². The molecule has 2 N–H and O–H groups in total. The Balaban J connectivity index is 2.11. The van der Waals surface area contributed by atoms with Gasteiger partial charge in [0.05, 0.1) is 0 Å².